The summed E-state index contributed by atoms with van der Waals surface area (Å²) in [6.45, 7) is 6.06. The normalized spacial score (nSPS) is 11.3. The Bertz CT molecular complexity index is 1750. The van der Waals surface area contributed by atoms with Gasteiger partial charge < -0.3 is 10.3 Å². The van der Waals surface area contributed by atoms with Gasteiger partial charge in [0.15, 0.2) is 5.65 Å². The summed E-state index contributed by atoms with van der Waals surface area (Å²) in [6.07, 6.45) is 7.93. The first-order valence-electron chi connectivity index (χ1n) is 11.6. The first-order chi connectivity index (χ1) is 17.6. The minimum Gasteiger partial charge on any atom is -0.358 e. The van der Waals surface area contributed by atoms with E-state index in [1.54, 1.807) is 24.7 Å². The summed E-state index contributed by atoms with van der Waals surface area (Å²) in [4.78, 5) is 16.9. The van der Waals surface area contributed by atoms with Gasteiger partial charge in [-0.2, -0.15) is 5.10 Å². The molecule has 0 unspecified atom stereocenters. The third-order valence-electron chi connectivity index (χ3n) is 6.14. The van der Waals surface area contributed by atoms with Crippen LogP contribution in [0.3, 0.4) is 0 Å². The molecule has 6 rings (SSSR count). The highest BCUT2D eigenvalue weighted by Crippen LogP contribution is 2.34. The molecule has 7 nitrogen and oxygen atoms in total. The SMILES string of the molecule is C=C(CC)Nc1cncc(-c2cnc3[nH]nc(-c4cc5c(-c6cccc(F)c6)nccc5[nH]4)c3c2)c1. The summed E-state index contributed by atoms with van der Waals surface area (Å²) < 4.78 is 13.9. The molecular weight excluding hydrogens is 453 g/mol. The maximum atomic E-state index is 13.9. The van der Waals surface area contributed by atoms with Crippen molar-refractivity contribution in [2.24, 2.45) is 0 Å². The molecule has 6 aromatic rings. The van der Waals surface area contributed by atoms with Crippen LogP contribution in [0.2, 0.25) is 0 Å². The maximum Gasteiger partial charge on any atom is 0.155 e. The van der Waals surface area contributed by atoms with Crippen LogP contribution in [0.25, 0.3) is 55.7 Å². The molecule has 8 heteroatoms. The van der Waals surface area contributed by atoms with Crippen LogP contribution < -0.4 is 5.32 Å². The molecule has 0 saturated carbocycles. The molecule has 0 fully saturated rings. The number of aromatic nitrogens is 6. The van der Waals surface area contributed by atoms with E-state index in [1.807, 2.05) is 43.5 Å². The standard InChI is InChI=1S/C28H22FN7/c1-3-16(2)33-21-10-18(13-30-15-21)19-11-23-27(35-36-28(23)32-14-19)25-12-22-24(34-25)7-8-31-26(22)17-5-4-6-20(29)9-17/h4-15,33-34H,2-3H2,1H3,(H,32,35,36). The van der Waals surface area contributed by atoms with Crippen LogP contribution in [0.5, 0.6) is 0 Å². The van der Waals surface area contributed by atoms with Gasteiger partial charge in [-0.1, -0.05) is 25.6 Å². The highest BCUT2D eigenvalue weighted by molar-refractivity contribution is 6.00. The van der Waals surface area contributed by atoms with Gasteiger partial charge in [0.2, 0.25) is 0 Å². The highest BCUT2D eigenvalue weighted by Gasteiger charge is 2.16. The van der Waals surface area contributed by atoms with Crippen LogP contribution in [0, 0.1) is 5.82 Å². The van der Waals surface area contributed by atoms with Gasteiger partial charge in [0.05, 0.1) is 23.3 Å². The lowest BCUT2D eigenvalue weighted by Crippen LogP contribution is -1.97. The number of hydrogen-bond acceptors (Lipinski definition) is 5. The molecule has 1 aromatic carbocycles. The van der Waals surface area contributed by atoms with E-state index in [-0.39, 0.29) is 5.82 Å². The fourth-order valence-corrected chi connectivity index (χ4v) is 4.27. The Hall–Kier alpha value is -4.85. The lowest BCUT2D eigenvalue weighted by atomic mass is 10.1. The molecule has 36 heavy (non-hydrogen) atoms. The Morgan fingerprint density at radius 2 is 1.83 bits per heavy atom. The average Bonchev–Trinajstić information content (AvgIpc) is 3.52. The number of benzene rings is 1. The molecule has 0 spiro atoms. The summed E-state index contributed by atoms with van der Waals surface area (Å²) in [7, 11) is 0. The predicted octanol–water partition coefficient (Wildman–Crippen LogP) is 6.70. The van der Waals surface area contributed by atoms with E-state index in [4.69, 9.17) is 0 Å². The van der Waals surface area contributed by atoms with Gasteiger partial charge in [-0.3, -0.25) is 15.1 Å². The van der Waals surface area contributed by atoms with Crippen LogP contribution in [-0.2, 0) is 0 Å². The van der Waals surface area contributed by atoms with E-state index in [2.05, 4.69) is 42.0 Å². The van der Waals surface area contributed by atoms with Crippen molar-refractivity contribution in [1.29, 1.82) is 0 Å². The predicted molar refractivity (Wildman–Crippen MR) is 141 cm³/mol. The zero-order chi connectivity index (χ0) is 24.6. The van der Waals surface area contributed by atoms with Crippen LogP contribution in [0.1, 0.15) is 13.3 Å². The monoisotopic (exact) mass is 475 g/mol. The van der Waals surface area contributed by atoms with E-state index in [1.165, 1.54) is 12.1 Å². The van der Waals surface area contributed by atoms with Crippen molar-refractivity contribution < 1.29 is 4.39 Å². The Morgan fingerprint density at radius 3 is 2.69 bits per heavy atom. The highest BCUT2D eigenvalue weighted by atomic mass is 19.1. The van der Waals surface area contributed by atoms with E-state index in [9.17, 15) is 4.39 Å². The molecule has 3 N–H and O–H groups in total. The van der Waals surface area contributed by atoms with E-state index in [0.717, 1.165) is 56.6 Å². The quantitative estimate of drug-likeness (QED) is 0.249. The minimum atomic E-state index is -0.299. The number of pyridine rings is 3. The smallest absolute Gasteiger partial charge is 0.155 e. The van der Waals surface area contributed by atoms with Gasteiger partial charge in [-0.15, -0.1) is 0 Å². The molecular formula is C28H22FN7. The van der Waals surface area contributed by atoms with Crippen molar-refractivity contribution in [3.63, 3.8) is 0 Å². The molecule has 0 radical (unpaired) electrons. The van der Waals surface area contributed by atoms with Gasteiger partial charge in [0, 0.05) is 57.3 Å². The minimum absolute atomic E-state index is 0.299. The second-order valence-corrected chi connectivity index (χ2v) is 8.55. The molecule has 176 valence electrons. The van der Waals surface area contributed by atoms with E-state index in [0.29, 0.717) is 16.9 Å². The molecule has 0 aliphatic rings. The molecule has 5 aromatic heterocycles. The van der Waals surface area contributed by atoms with Crippen molar-refractivity contribution in [1.82, 2.24) is 30.1 Å². The molecule has 0 aliphatic carbocycles. The number of hydrogen-bond donors (Lipinski definition) is 3. The van der Waals surface area contributed by atoms with E-state index >= 15 is 0 Å². The Kier molecular flexibility index (Phi) is 5.26. The summed E-state index contributed by atoms with van der Waals surface area (Å²) in [6, 6.07) is 14.4. The molecule has 0 amide bonds. The molecule has 5 heterocycles. The topological polar surface area (TPSA) is 95.2 Å². The summed E-state index contributed by atoms with van der Waals surface area (Å²) in [5.74, 6) is -0.299. The Balaban J connectivity index is 1.43. The number of halogens is 1. The van der Waals surface area contributed by atoms with Crippen LogP contribution >= 0.6 is 0 Å². The third-order valence-corrected chi connectivity index (χ3v) is 6.14. The largest absolute Gasteiger partial charge is 0.358 e. The van der Waals surface area contributed by atoms with Crippen molar-refractivity contribution in [3.8, 4) is 33.8 Å². The number of anilines is 1. The lowest BCUT2D eigenvalue weighted by Gasteiger charge is -2.09. The van der Waals surface area contributed by atoms with Crippen LogP contribution in [0.15, 0.2) is 85.6 Å². The van der Waals surface area contributed by atoms with Crippen LogP contribution in [-0.4, -0.2) is 30.1 Å². The van der Waals surface area contributed by atoms with Gasteiger partial charge in [0.25, 0.3) is 0 Å². The number of H-pyrrole nitrogens is 2. The summed E-state index contributed by atoms with van der Waals surface area (Å²) in [5.41, 5.74) is 8.19. The molecule has 0 bridgehead atoms. The van der Waals surface area contributed by atoms with E-state index < -0.39 is 0 Å². The first kappa shape index (κ1) is 21.7. The van der Waals surface area contributed by atoms with Crippen molar-refractivity contribution in [2.75, 3.05) is 5.32 Å². The Labute approximate surface area is 206 Å². The molecule has 0 atom stereocenters. The molecule has 0 saturated heterocycles. The van der Waals surface area contributed by atoms with Crippen molar-refractivity contribution >= 4 is 27.6 Å². The van der Waals surface area contributed by atoms with Crippen molar-refractivity contribution in [3.05, 3.63) is 91.4 Å². The first-order valence-corrected chi connectivity index (χ1v) is 11.6. The zero-order valence-corrected chi connectivity index (χ0v) is 19.5. The Morgan fingerprint density at radius 1 is 0.944 bits per heavy atom. The zero-order valence-electron chi connectivity index (χ0n) is 19.5. The van der Waals surface area contributed by atoms with Crippen LogP contribution in [0.4, 0.5) is 10.1 Å². The fourth-order valence-electron chi connectivity index (χ4n) is 4.27. The average molecular weight is 476 g/mol. The van der Waals surface area contributed by atoms with Crippen molar-refractivity contribution in [2.45, 2.75) is 13.3 Å². The second kappa shape index (κ2) is 8.74. The van der Waals surface area contributed by atoms with Gasteiger partial charge in [-0.05, 0) is 42.8 Å². The number of nitrogens with zero attached hydrogens (tertiary/aromatic N) is 4. The maximum absolute atomic E-state index is 13.9. The number of rotatable bonds is 6. The second-order valence-electron chi connectivity index (χ2n) is 8.55. The summed E-state index contributed by atoms with van der Waals surface area (Å²) >= 11 is 0. The third kappa shape index (κ3) is 3.88. The lowest BCUT2D eigenvalue weighted by molar-refractivity contribution is 0.628. The summed E-state index contributed by atoms with van der Waals surface area (Å²) in [5, 5.41) is 12.6. The molecule has 0 aliphatic heterocycles. The number of nitrogens with one attached hydrogen (secondary N) is 3. The number of allylic oxidation sites excluding steroid dienone is 1. The fraction of sp³-hybridized carbons (Fsp3) is 0.0714. The van der Waals surface area contributed by atoms with Gasteiger partial charge in [0.1, 0.15) is 11.5 Å². The van der Waals surface area contributed by atoms with Gasteiger partial charge in [-0.25, -0.2) is 9.37 Å². The van der Waals surface area contributed by atoms with Gasteiger partial charge >= 0.3 is 0 Å². The number of fused-ring (bicyclic) bond motifs is 2. The number of aromatic amines is 2.